The van der Waals surface area contributed by atoms with Gasteiger partial charge in [-0.05, 0) is 38.4 Å². The van der Waals surface area contributed by atoms with Crippen LogP contribution in [0.4, 0.5) is 0 Å². The van der Waals surface area contributed by atoms with Gasteiger partial charge in [-0.2, -0.15) is 0 Å². The molecule has 2 N–H and O–H groups in total. The fraction of sp³-hybridized carbons (Fsp3) is 0.600. The van der Waals surface area contributed by atoms with E-state index in [1.54, 1.807) is 0 Å². The molecular formula is C15H24N2. The second kappa shape index (κ2) is 5.65. The number of rotatable bonds is 2. The summed E-state index contributed by atoms with van der Waals surface area (Å²) in [5, 5.41) is 0. The fourth-order valence-electron chi connectivity index (χ4n) is 2.84. The minimum atomic E-state index is 0.278. The van der Waals surface area contributed by atoms with Crippen molar-refractivity contribution in [3.05, 3.63) is 35.4 Å². The van der Waals surface area contributed by atoms with Crippen LogP contribution in [0.3, 0.4) is 0 Å². The molecule has 1 saturated heterocycles. The average Bonchev–Trinajstić information content (AvgIpc) is 2.52. The number of aryl methyl sites for hydroxylation is 1. The summed E-state index contributed by atoms with van der Waals surface area (Å²) in [6.45, 7) is 6.64. The summed E-state index contributed by atoms with van der Waals surface area (Å²) in [4.78, 5) is 2.53. The summed E-state index contributed by atoms with van der Waals surface area (Å²) < 4.78 is 0. The predicted octanol–water partition coefficient (Wildman–Crippen LogP) is 2.87. The normalized spacial score (nSPS) is 26.8. The Bertz CT molecular complexity index is 344. The van der Waals surface area contributed by atoms with Crippen molar-refractivity contribution in [3.8, 4) is 0 Å². The van der Waals surface area contributed by atoms with Crippen molar-refractivity contribution >= 4 is 0 Å². The van der Waals surface area contributed by atoms with Crippen LogP contribution in [0.2, 0.25) is 0 Å². The van der Waals surface area contributed by atoms with Gasteiger partial charge in [-0.25, -0.2) is 0 Å². The van der Waals surface area contributed by atoms with E-state index < -0.39 is 0 Å². The molecule has 1 aromatic carbocycles. The third kappa shape index (κ3) is 2.88. The Labute approximate surface area is 105 Å². The van der Waals surface area contributed by atoms with Crippen molar-refractivity contribution in [1.82, 2.24) is 4.90 Å². The number of hydrogen-bond acceptors (Lipinski definition) is 2. The van der Waals surface area contributed by atoms with Gasteiger partial charge in [0.2, 0.25) is 0 Å². The molecule has 1 heterocycles. The van der Waals surface area contributed by atoms with Crippen LogP contribution >= 0.6 is 0 Å². The lowest BCUT2D eigenvalue weighted by Crippen LogP contribution is -2.39. The highest BCUT2D eigenvalue weighted by atomic mass is 15.2. The lowest BCUT2D eigenvalue weighted by atomic mass is 9.95. The molecule has 2 nitrogen and oxygen atoms in total. The van der Waals surface area contributed by atoms with Crippen LogP contribution in [0.15, 0.2) is 24.3 Å². The van der Waals surface area contributed by atoms with E-state index >= 15 is 0 Å². The first-order valence-corrected chi connectivity index (χ1v) is 6.78. The zero-order chi connectivity index (χ0) is 12.3. The van der Waals surface area contributed by atoms with Crippen LogP contribution in [0, 0.1) is 6.92 Å². The molecule has 0 amide bonds. The van der Waals surface area contributed by atoms with E-state index in [0.29, 0.717) is 6.04 Å². The second-order valence-corrected chi connectivity index (χ2v) is 5.14. The lowest BCUT2D eigenvalue weighted by Gasteiger charge is -2.33. The molecule has 0 aromatic heterocycles. The maximum atomic E-state index is 6.37. The Hall–Kier alpha value is -0.860. The number of likely N-dealkylation sites (N-methyl/N-ethyl adjacent to an activating group) is 1. The van der Waals surface area contributed by atoms with Crippen molar-refractivity contribution < 1.29 is 0 Å². The highest BCUT2D eigenvalue weighted by Crippen LogP contribution is 2.29. The summed E-state index contributed by atoms with van der Waals surface area (Å²) in [6.07, 6.45) is 3.69. The number of hydrogen-bond donors (Lipinski definition) is 1. The zero-order valence-electron chi connectivity index (χ0n) is 11.0. The molecule has 2 unspecified atom stereocenters. The SMILES string of the molecule is CCN1CCCCC(N)C1c1ccc(C)cc1. The summed E-state index contributed by atoms with van der Waals surface area (Å²) in [5.41, 5.74) is 9.07. The molecule has 0 spiro atoms. The van der Waals surface area contributed by atoms with E-state index in [-0.39, 0.29) is 6.04 Å². The van der Waals surface area contributed by atoms with Gasteiger partial charge in [0.25, 0.3) is 0 Å². The van der Waals surface area contributed by atoms with Crippen LogP contribution in [0.25, 0.3) is 0 Å². The number of nitrogens with zero attached hydrogens (tertiary/aromatic N) is 1. The van der Waals surface area contributed by atoms with Crippen molar-refractivity contribution in [2.75, 3.05) is 13.1 Å². The van der Waals surface area contributed by atoms with Crippen molar-refractivity contribution in [2.45, 2.75) is 45.2 Å². The van der Waals surface area contributed by atoms with E-state index in [2.05, 4.69) is 43.0 Å². The monoisotopic (exact) mass is 232 g/mol. The number of nitrogens with two attached hydrogens (primary N) is 1. The fourth-order valence-corrected chi connectivity index (χ4v) is 2.84. The molecule has 2 heteroatoms. The molecule has 1 aliphatic rings. The Morgan fingerprint density at radius 3 is 2.59 bits per heavy atom. The minimum absolute atomic E-state index is 0.278. The smallest absolute Gasteiger partial charge is 0.0499 e. The van der Waals surface area contributed by atoms with E-state index in [0.717, 1.165) is 13.0 Å². The van der Waals surface area contributed by atoms with Gasteiger partial charge in [0.05, 0.1) is 0 Å². The Morgan fingerprint density at radius 2 is 1.94 bits per heavy atom. The van der Waals surface area contributed by atoms with Gasteiger partial charge >= 0.3 is 0 Å². The quantitative estimate of drug-likeness (QED) is 0.849. The predicted molar refractivity (Wildman–Crippen MR) is 73.0 cm³/mol. The van der Waals surface area contributed by atoms with Crippen molar-refractivity contribution in [2.24, 2.45) is 5.73 Å². The van der Waals surface area contributed by atoms with Crippen LogP contribution in [-0.4, -0.2) is 24.0 Å². The van der Waals surface area contributed by atoms with E-state index in [1.165, 1.54) is 30.5 Å². The Balaban J connectivity index is 2.26. The maximum Gasteiger partial charge on any atom is 0.0499 e. The summed E-state index contributed by atoms with van der Waals surface area (Å²) in [6, 6.07) is 9.56. The van der Waals surface area contributed by atoms with Gasteiger partial charge in [0.15, 0.2) is 0 Å². The molecule has 0 radical (unpaired) electrons. The third-order valence-corrected chi connectivity index (χ3v) is 3.86. The van der Waals surface area contributed by atoms with Crippen LogP contribution in [0.5, 0.6) is 0 Å². The molecule has 17 heavy (non-hydrogen) atoms. The molecule has 0 bridgehead atoms. The lowest BCUT2D eigenvalue weighted by molar-refractivity contribution is 0.195. The zero-order valence-corrected chi connectivity index (χ0v) is 11.0. The summed E-state index contributed by atoms with van der Waals surface area (Å²) in [7, 11) is 0. The second-order valence-electron chi connectivity index (χ2n) is 5.14. The molecule has 2 atom stereocenters. The molecule has 1 fully saturated rings. The van der Waals surface area contributed by atoms with Gasteiger partial charge in [-0.15, -0.1) is 0 Å². The van der Waals surface area contributed by atoms with Gasteiger partial charge in [0, 0.05) is 12.1 Å². The van der Waals surface area contributed by atoms with Gasteiger partial charge in [0.1, 0.15) is 0 Å². The van der Waals surface area contributed by atoms with E-state index in [1.807, 2.05) is 0 Å². The minimum Gasteiger partial charge on any atom is -0.326 e. The Kier molecular flexibility index (Phi) is 4.19. The molecule has 1 aliphatic heterocycles. The highest BCUT2D eigenvalue weighted by Gasteiger charge is 2.27. The summed E-state index contributed by atoms with van der Waals surface area (Å²) in [5.74, 6) is 0. The molecule has 2 rings (SSSR count). The first kappa shape index (κ1) is 12.6. The highest BCUT2D eigenvalue weighted by molar-refractivity contribution is 5.25. The van der Waals surface area contributed by atoms with Crippen molar-refractivity contribution in [3.63, 3.8) is 0 Å². The molecule has 1 aromatic rings. The maximum absolute atomic E-state index is 6.37. The van der Waals surface area contributed by atoms with Gasteiger partial charge in [-0.3, -0.25) is 4.90 Å². The van der Waals surface area contributed by atoms with Crippen LogP contribution < -0.4 is 5.73 Å². The van der Waals surface area contributed by atoms with E-state index in [4.69, 9.17) is 5.73 Å². The van der Waals surface area contributed by atoms with Crippen LogP contribution in [0.1, 0.15) is 43.4 Å². The van der Waals surface area contributed by atoms with E-state index in [9.17, 15) is 0 Å². The van der Waals surface area contributed by atoms with Gasteiger partial charge in [-0.1, -0.05) is 43.2 Å². The van der Waals surface area contributed by atoms with Crippen molar-refractivity contribution in [1.29, 1.82) is 0 Å². The molecule has 0 aliphatic carbocycles. The third-order valence-electron chi connectivity index (χ3n) is 3.86. The number of likely N-dealkylation sites (tertiary alicyclic amines) is 1. The summed E-state index contributed by atoms with van der Waals surface area (Å²) >= 11 is 0. The first-order valence-electron chi connectivity index (χ1n) is 6.78. The first-order chi connectivity index (χ1) is 8.22. The largest absolute Gasteiger partial charge is 0.326 e. The Morgan fingerprint density at radius 1 is 1.24 bits per heavy atom. The van der Waals surface area contributed by atoms with Gasteiger partial charge < -0.3 is 5.73 Å². The molecule has 94 valence electrons. The topological polar surface area (TPSA) is 29.3 Å². The standard InChI is InChI=1S/C15H24N2/c1-3-17-11-5-4-6-14(16)15(17)13-9-7-12(2)8-10-13/h7-10,14-15H,3-6,11,16H2,1-2H3. The number of benzene rings is 1. The van der Waals surface area contributed by atoms with Crippen LogP contribution in [-0.2, 0) is 0 Å². The average molecular weight is 232 g/mol. The molecular weight excluding hydrogens is 208 g/mol. The molecule has 0 saturated carbocycles.